The summed E-state index contributed by atoms with van der Waals surface area (Å²) >= 11 is 1.65. The minimum absolute atomic E-state index is 0.533. The highest BCUT2D eigenvalue weighted by molar-refractivity contribution is 7.18. The predicted octanol–water partition coefficient (Wildman–Crippen LogP) is 3.26. The normalized spacial score (nSPS) is 11.1. The van der Waals surface area contributed by atoms with Crippen molar-refractivity contribution in [2.45, 2.75) is 20.8 Å². The number of nitrogens with two attached hydrogens (primary N) is 1. The van der Waals surface area contributed by atoms with E-state index in [0.717, 1.165) is 21.5 Å². The number of aromatic nitrogens is 3. The van der Waals surface area contributed by atoms with Crippen molar-refractivity contribution in [2.75, 3.05) is 5.73 Å². The van der Waals surface area contributed by atoms with Crippen LogP contribution in [0.25, 0.3) is 21.7 Å². The zero-order valence-corrected chi connectivity index (χ0v) is 11.9. The summed E-state index contributed by atoms with van der Waals surface area (Å²) < 4.78 is 0. The zero-order valence-electron chi connectivity index (χ0n) is 11.1. The van der Waals surface area contributed by atoms with E-state index in [1.54, 1.807) is 17.5 Å². The number of nitrogens with zero attached hydrogens (tertiary/aromatic N) is 3. The largest absolute Gasteiger partial charge is 0.383 e. The van der Waals surface area contributed by atoms with E-state index >= 15 is 0 Å². The molecule has 0 unspecified atom stereocenters. The van der Waals surface area contributed by atoms with Gasteiger partial charge in [-0.1, -0.05) is 0 Å². The number of aryl methyl sites for hydroxylation is 3. The van der Waals surface area contributed by atoms with Gasteiger partial charge in [0.15, 0.2) is 5.82 Å². The standard InChI is InChI=1S/C14H14N4S/c1-7-4-5-16-10(6-7)13-17-12(15)11-8(2)9(3)19-14(11)18-13/h4-6H,1-3H3,(H2,15,17,18). The Morgan fingerprint density at radius 3 is 2.68 bits per heavy atom. The number of hydrogen-bond acceptors (Lipinski definition) is 5. The van der Waals surface area contributed by atoms with E-state index < -0.39 is 0 Å². The zero-order chi connectivity index (χ0) is 13.6. The third-order valence-electron chi connectivity index (χ3n) is 3.20. The van der Waals surface area contributed by atoms with Crippen LogP contribution in [0.1, 0.15) is 16.0 Å². The van der Waals surface area contributed by atoms with Crippen LogP contribution in [0.3, 0.4) is 0 Å². The Kier molecular flexibility index (Phi) is 2.71. The molecular formula is C14H14N4S. The minimum Gasteiger partial charge on any atom is -0.383 e. The molecule has 0 aliphatic heterocycles. The van der Waals surface area contributed by atoms with Gasteiger partial charge in [0.1, 0.15) is 16.3 Å². The molecule has 3 aromatic rings. The van der Waals surface area contributed by atoms with E-state index in [4.69, 9.17) is 5.73 Å². The minimum atomic E-state index is 0.533. The van der Waals surface area contributed by atoms with Crippen LogP contribution in [0, 0.1) is 20.8 Å². The summed E-state index contributed by atoms with van der Waals surface area (Å²) in [6, 6.07) is 3.92. The Bertz CT molecular complexity index is 776. The van der Waals surface area contributed by atoms with E-state index in [1.165, 1.54) is 10.4 Å². The summed E-state index contributed by atoms with van der Waals surface area (Å²) in [4.78, 5) is 15.5. The van der Waals surface area contributed by atoms with Crippen LogP contribution in [0.4, 0.5) is 5.82 Å². The summed E-state index contributed by atoms with van der Waals surface area (Å²) in [6.07, 6.45) is 1.76. The Hall–Kier alpha value is -2.01. The number of pyridine rings is 1. The monoisotopic (exact) mass is 270 g/mol. The van der Waals surface area contributed by atoms with Gasteiger partial charge < -0.3 is 5.73 Å². The highest BCUT2D eigenvalue weighted by atomic mass is 32.1. The molecule has 0 fully saturated rings. The fourth-order valence-electron chi connectivity index (χ4n) is 2.05. The molecule has 0 saturated carbocycles. The maximum absolute atomic E-state index is 6.07. The molecule has 2 N–H and O–H groups in total. The molecule has 3 rings (SSSR count). The second-order valence-corrected chi connectivity index (χ2v) is 5.82. The fourth-order valence-corrected chi connectivity index (χ4v) is 3.09. The maximum atomic E-state index is 6.07. The van der Waals surface area contributed by atoms with Crippen molar-refractivity contribution in [3.63, 3.8) is 0 Å². The molecule has 5 heteroatoms. The lowest BCUT2D eigenvalue weighted by molar-refractivity contribution is 1.18. The molecular weight excluding hydrogens is 256 g/mol. The first-order valence-electron chi connectivity index (χ1n) is 6.02. The first-order chi connectivity index (χ1) is 9.06. The Balaban J connectivity index is 2.27. The SMILES string of the molecule is Cc1ccnc(-c2nc(N)c3c(C)c(C)sc3n2)c1. The average Bonchev–Trinajstić information content (AvgIpc) is 2.65. The molecule has 0 atom stereocenters. The van der Waals surface area contributed by atoms with Gasteiger partial charge in [0.2, 0.25) is 0 Å². The number of nitrogen functional groups attached to an aromatic ring is 1. The van der Waals surface area contributed by atoms with Crippen molar-refractivity contribution < 1.29 is 0 Å². The lowest BCUT2D eigenvalue weighted by Crippen LogP contribution is -1.98. The summed E-state index contributed by atoms with van der Waals surface area (Å²) in [7, 11) is 0. The van der Waals surface area contributed by atoms with Gasteiger partial charge in [-0.2, -0.15) is 0 Å². The van der Waals surface area contributed by atoms with Gasteiger partial charge in [0, 0.05) is 11.1 Å². The van der Waals surface area contributed by atoms with Crippen molar-refractivity contribution >= 4 is 27.4 Å². The van der Waals surface area contributed by atoms with Crippen LogP contribution in [0.15, 0.2) is 18.3 Å². The molecule has 96 valence electrons. The molecule has 4 nitrogen and oxygen atoms in total. The molecule has 19 heavy (non-hydrogen) atoms. The van der Waals surface area contributed by atoms with Crippen LogP contribution in [0.5, 0.6) is 0 Å². The first-order valence-corrected chi connectivity index (χ1v) is 6.84. The van der Waals surface area contributed by atoms with Gasteiger partial charge in [-0.3, -0.25) is 4.98 Å². The topological polar surface area (TPSA) is 64.7 Å². The second kappa shape index (κ2) is 4.28. The van der Waals surface area contributed by atoms with Crippen molar-refractivity contribution in [1.82, 2.24) is 15.0 Å². The van der Waals surface area contributed by atoms with E-state index in [2.05, 4.69) is 28.8 Å². The van der Waals surface area contributed by atoms with Gasteiger partial charge in [-0.15, -0.1) is 11.3 Å². The van der Waals surface area contributed by atoms with Crippen LogP contribution in [0.2, 0.25) is 0 Å². The lowest BCUT2D eigenvalue weighted by atomic mass is 10.2. The summed E-state index contributed by atoms with van der Waals surface area (Å²) in [5, 5.41) is 0.971. The molecule has 3 aromatic heterocycles. The number of anilines is 1. The van der Waals surface area contributed by atoms with E-state index in [9.17, 15) is 0 Å². The molecule has 0 aliphatic carbocycles. The third-order valence-corrected chi connectivity index (χ3v) is 4.30. The molecule has 0 spiro atoms. The van der Waals surface area contributed by atoms with Gasteiger partial charge in [0.25, 0.3) is 0 Å². The van der Waals surface area contributed by atoms with E-state index in [0.29, 0.717) is 11.6 Å². The van der Waals surface area contributed by atoms with Crippen LogP contribution in [-0.4, -0.2) is 15.0 Å². The van der Waals surface area contributed by atoms with Crippen LogP contribution >= 0.6 is 11.3 Å². The van der Waals surface area contributed by atoms with Gasteiger partial charge in [0.05, 0.1) is 5.39 Å². The van der Waals surface area contributed by atoms with Gasteiger partial charge in [-0.25, -0.2) is 9.97 Å². The van der Waals surface area contributed by atoms with Gasteiger partial charge in [-0.05, 0) is 44.0 Å². The fraction of sp³-hybridized carbons (Fsp3) is 0.214. The number of hydrogen-bond donors (Lipinski definition) is 1. The first kappa shape index (κ1) is 12.0. The van der Waals surface area contributed by atoms with Crippen molar-refractivity contribution in [3.05, 3.63) is 34.3 Å². The van der Waals surface area contributed by atoms with E-state index in [-0.39, 0.29) is 0 Å². The maximum Gasteiger partial charge on any atom is 0.181 e. The molecule has 0 bridgehead atoms. The van der Waals surface area contributed by atoms with E-state index in [1.807, 2.05) is 19.1 Å². The number of thiophene rings is 1. The molecule has 0 aliphatic rings. The number of fused-ring (bicyclic) bond motifs is 1. The smallest absolute Gasteiger partial charge is 0.181 e. The Labute approximate surface area is 115 Å². The molecule has 0 amide bonds. The summed E-state index contributed by atoms with van der Waals surface area (Å²) in [5.41, 5.74) is 9.13. The predicted molar refractivity (Wildman–Crippen MR) is 79.3 cm³/mol. The summed E-state index contributed by atoms with van der Waals surface area (Å²) in [6.45, 7) is 6.15. The van der Waals surface area contributed by atoms with Crippen LogP contribution < -0.4 is 5.73 Å². The number of rotatable bonds is 1. The average molecular weight is 270 g/mol. The third kappa shape index (κ3) is 1.96. The van der Waals surface area contributed by atoms with Crippen molar-refractivity contribution in [1.29, 1.82) is 0 Å². The Morgan fingerprint density at radius 2 is 1.95 bits per heavy atom. The quantitative estimate of drug-likeness (QED) is 0.737. The molecule has 0 aromatic carbocycles. The summed E-state index contributed by atoms with van der Waals surface area (Å²) in [5.74, 6) is 1.13. The van der Waals surface area contributed by atoms with Crippen LogP contribution in [-0.2, 0) is 0 Å². The molecule has 0 saturated heterocycles. The second-order valence-electron chi connectivity index (χ2n) is 4.61. The van der Waals surface area contributed by atoms with Crippen molar-refractivity contribution in [3.8, 4) is 11.5 Å². The molecule has 3 heterocycles. The Morgan fingerprint density at radius 1 is 1.16 bits per heavy atom. The highest BCUT2D eigenvalue weighted by Crippen LogP contribution is 2.33. The van der Waals surface area contributed by atoms with Gasteiger partial charge >= 0.3 is 0 Å². The highest BCUT2D eigenvalue weighted by Gasteiger charge is 2.14. The van der Waals surface area contributed by atoms with Crippen molar-refractivity contribution in [2.24, 2.45) is 0 Å². The lowest BCUT2D eigenvalue weighted by Gasteiger charge is -2.03. The molecule has 0 radical (unpaired) electrons.